The Kier molecular flexibility index (Phi) is 2.41. The molecule has 16 heavy (non-hydrogen) atoms. The van der Waals surface area contributed by atoms with Crippen molar-refractivity contribution < 1.29 is 19.1 Å². The fraction of sp³-hybridized carbons (Fsp3) is 0.500. The Balaban J connectivity index is 2.10. The van der Waals surface area contributed by atoms with Crippen LogP contribution in [0, 0.1) is 6.92 Å². The van der Waals surface area contributed by atoms with Crippen LogP contribution in [0.2, 0.25) is 0 Å². The number of aromatic nitrogens is 1. The lowest BCUT2D eigenvalue weighted by atomic mass is 10.0. The van der Waals surface area contributed by atoms with Gasteiger partial charge in [-0.05, 0) is 6.92 Å². The lowest BCUT2D eigenvalue weighted by Crippen LogP contribution is -2.47. The first-order chi connectivity index (χ1) is 7.49. The lowest BCUT2D eigenvalue weighted by Gasteiger charge is -2.36. The second kappa shape index (κ2) is 3.62. The summed E-state index contributed by atoms with van der Waals surface area (Å²) in [5, 5.41) is 8.80. The second-order valence-electron chi connectivity index (χ2n) is 3.88. The number of aryl methyl sites for hydroxylation is 1. The molecule has 6 heteroatoms. The predicted molar refractivity (Wildman–Crippen MR) is 53.2 cm³/mol. The minimum absolute atomic E-state index is 0.0120. The van der Waals surface area contributed by atoms with Crippen molar-refractivity contribution in [1.29, 1.82) is 0 Å². The van der Waals surface area contributed by atoms with Crippen LogP contribution in [0.4, 0.5) is 0 Å². The number of nitrogens with zero attached hydrogens (tertiary/aromatic N) is 2. The summed E-state index contributed by atoms with van der Waals surface area (Å²) in [4.78, 5) is 27.3. The molecule has 1 amide bonds. The molecule has 0 spiro atoms. The third-order valence-corrected chi connectivity index (χ3v) is 2.69. The zero-order valence-corrected chi connectivity index (χ0v) is 9.06. The van der Waals surface area contributed by atoms with Crippen molar-refractivity contribution in [3.63, 3.8) is 0 Å². The summed E-state index contributed by atoms with van der Waals surface area (Å²) < 4.78 is 5.28. The summed E-state index contributed by atoms with van der Waals surface area (Å²) in [6.45, 7) is 4.17. The van der Waals surface area contributed by atoms with Gasteiger partial charge in [0.05, 0.1) is 5.92 Å². The minimum atomic E-state index is -1.09. The largest absolute Gasteiger partial charge is 0.476 e. The first kappa shape index (κ1) is 10.7. The standard InChI is InChI=1S/C10H12N2O4/c1-5-8(10(14)15)11-9(16-5)7-3-12(4-7)6(2)13/h7H,3-4H2,1-2H3,(H,14,15). The second-order valence-corrected chi connectivity index (χ2v) is 3.88. The summed E-state index contributed by atoms with van der Waals surface area (Å²) in [5.74, 6) is -0.333. The molecule has 0 radical (unpaired) electrons. The number of rotatable bonds is 2. The van der Waals surface area contributed by atoms with Crippen molar-refractivity contribution in [3.05, 3.63) is 17.3 Å². The van der Waals surface area contributed by atoms with Gasteiger partial charge in [0.2, 0.25) is 11.8 Å². The fourth-order valence-electron chi connectivity index (χ4n) is 1.68. The molecule has 0 unspecified atom stereocenters. The number of carboxylic acids is 1. The molecule has 2 rings (SSSR count). The van der Waals surface area contributed by atoms with Crippen LogP contribution in [-0.2, 0) is 4.79 Å². The highest BCUT2D eigenvalue weighted by molar-refractivity contribution is 5.86. The molecule has 0 aliphatic carbocycles. The van der Waals surface area contributed by atoms with Gasteiger partial charge < -0.3 is 14.4 Å². The van der Waals surface area contributed by atoms with Gasteiger partial charge in [0.1, 0.15) is 5.76 Å². The molecule has 1 aliphatic heterocycles. The van der Waals surface area contributed by atoms with Crippen LogP contribution >= 0.6 is 0 Å². The molecule has 1 fully saturated rings. The molecule has 1 aromatic rings. The molecule has 0 atom stereocenters. The van der Waals surface area contributed by atoms with Crippen molar-refractivity contribution in [2.24, 2.45) is 0 Å². The van der Waals surface area contributed by atoms with E-state index < -0.39 is 5.97 Å². The Labute approximate surface area is 91.9 Å². The van der Waals surface area contributed by atoms with Crippen molar-refractivity contribution in [1.82, 2.24) is 9.88 Å². The maximum Gasteiger partial charge on any atom is 0.358 e. The molecule has 6 nitrogen and oxygen atoms in total. The summed E-state index contributed by atoms with van der Waals surface area (Å²) in [5.41, 5.74) is -0.0451. The highest BCUT2D eigenvalue weighted by atomic mass is 16.4. The molecule has 0 aromatic carbocycles. The van der Waals surface area contributed by atoms with Crippen LogP contribution in [0.25, 0.3) is 0 Å². The van der Waals surface area contributed by atoms with Gasteiger partial charge in [-0.3, -0.25) is 4.79 Å². The number of carbonyl (C=O) groups is 2. The fourth-order valence-corrected chi connectivity index (χ4v) is 1.68. The van der Waals surface area contributed by atoms with E-state index in [1.165, 1.54) is 6.92 Å². The zero-order chi connectivity index (χ0) is 11.9. The maximum atomic E-state index is 11.0. The summed E-state index contributed by atoms with van der Waals surface area (Å²) in [7, 11) is 0. The third kappa shape index (κ3) is 1.66. The van der Waals surface area contributed by atoms with E-state index in [4.69, 9.17) is 9.52 Å². The highest BCUT2D eigenvalue weighted by Crippen LogP contribution is 2.27. The van der Waals surface area contributed by atoms with Gasteiger partial charge in [-0.25, -0.2) is 9.78 Å². The molecule has 1 aliphatic rings. The Morgan fingerprint density at radius 3 is 2.56 bits per heavy atom. The van der Waals surface area contributed by atoms with E-state index in [0.29, 0.717) is 24.7 Å². The maximum absolute atomic E-state index is 11.0. The molecule has 1 N–H and O–H groups in total. The Morgan fingerprint density at radius 2 is 2.12 bits per heavy atom. The van der Waals surface area contributed by atoms with E-state index in [-0.39, 0.29) is 17.5 Å². The molecular weight excluding hydrogens is 212 g/mol. The van der Waals surface area contributed by atoms with Gasteiger partial charge in [-0.15, -0.1) is 0 Å². The van der Waals surface area contributed by atoms with Crippen LogP contribution in [-0.4, -0.2) is 40.0 Å². The van der Waals surface area contributed by atoms with E-state index in [9.17, 15) is 9.59 Å². The molecule has 2 heterocycles. The lowest BCUT2D eigenvalue weighted by molar-refractivity contribution is -0.133. The number of carboxylic acid groups (broad SMARTS) is 1. The number of aromatic carboxylic acids is 1. The van der Waals surface area contributed by atoms with Crippen molar-refractivity contribution in [2.45, 2.75) is 19.8 Å². The predicted octanol–water partition coefficient (Wildman–Crippen LogP) is 0.627. The van der Waals surface area contributed by atoms with Gasteiger partial charge >= 0.3 is 5.97 Å². The summed E-state index contributed by atoms with van der Waals surface area (Å²) >= 11 is 0. The molecule has 1 saturated heterocycles. The topological polar surface area (TPSA) is 83.6 Å². The average molecular weight is 224 g/mol. The van der Waals surface area contributed by atoms with Gasteiger partial charge in [-0.2, -0.15) is 0 Å². The van der Waals surface area contributed by atoms with Crippen LogP contribution in [0.5, 0.6) is 0 Å². The first-order valence-corrected chi connectivity index (χ1v) is 4.95. The molecule has 0 bridgehead atoms. The van der Waals surface area contributed by atoms with Crippen LogP contribution in [0.1, 0.15) is 35.0 Å². The van der Waals surface area contributed by atoms with Gasteiger partial charge in [0.25, 0.3) is 0 Å². The van der Waals surface area contributed by atoms with E-state index in [1.807, 2.05) is 0 Å². The van der Waals surface area contributed by atoms with E-state index in [0.717, 1.165) is 0 Å². The van der Waals surface area contributed by atoms with Crippen LogP contribution in [0.15, 0.2) is 4.42 Å². The number of likely N-dealkylation sites (tertiary alicyclic amines) is 1. The van der Waals surface area contributed by atoms with Gasteiger partial charge in [-0.1, -0.05) is 0 Å². The van der Waals surface area contributed by atoms with E-state index >= 15 is 0 Å². The monoisotopic (exact) mass is 224 g/mol. The molecule has 0 saturated carbocycles. The number of carbonyl (C=O) groups excluding carboxylic acids is 1. The quantitative estimate of drug-likeness (QED) is 0.796. The molecular formula is C10H12N2O4. The van der Waals surface area contributed by atoms with Gasteiger partial charge in [0.15, 0.2) is 5.69 Å². The number of hydrogen-bond acceptors (Lipinski definition) is 4. The van der Waals surface area contributed by atoms with Crippen molar-refractivity contribution >= 4 is 11.9 Å². The van der Waals surface area contributed by atoms with E-state index in [1.54, 1.807) is 11.8 Å². The Morgan fingerprint density at radius 1 is 1.50 bits per heavy atom. The van der Waals surface area contributed by atoms with Crippen LogP contribution < -0.4 is 0 Å². The molecule has 1 aromatic heterocycles. The number of oxazole rings is 1. The third-order valence-electron chi connectivity index (χ3n) is 2.69. The normalized spacial score (nSPS) is 16.0. The van der Waals surface area contributed by atoms with Gasteiger partial charge in [0, 0.05) is 20.0 Å². The average Bonchev–Trinajstić information content (AvgIpc) is 2.43. The zero-order valence-electron chi connectivity index (χ0n) is 9.06. The molecule has 86 valence electrons. The Bertz CT molecular complexity index is 446. The number of amides is 1. The van der Waals surface area contributed by atoms with Crippen LogP contribution in [0.3, 0.4) is 0 Å². The number of hydrogen-bond donors (Lipinski definition) is 1. The highest BCUT2D eigenvalue weighted by Gasteiger charge is 2.34. The van der Waals surface area contributed by atoms with Crippen molar-refractivity contribution in [2.75, 3.05) is 13.1 Å². The summed E-state index contributed by atoms with van der Waals surface area (Å²) in [6.07, 6.45) is 0. The SMILES string of the molecule is CC(=O)N1CC(c2nc(C(=O)O)c(C)o2)C1. The van der Waals surface area contributed by atoms with E-state index in [2.05, 4.69) is 4.98 Å². The Hall–Kier alpha value is -1.85. The van der Waals surface area contributed by atoms with Crippen molar-refractivity contribution in [3.8, 4) is 0 Å². The minimum Gasteiger partial charge on any atom is -0.476 e. The smallest absolute Gasteiger partial charge is 0.358 e. The summed E-state index contributed by atoms with van der Waals surface area (Å²) in [6, 6.07) is 0. The first-order valence-electron chi connectivity index (χ1n) is 4.95.